The lowest BCUT2D eigenvalue weighted by molar-refractivity contribution is -0.135. The molecular formula is C44H44O6. The van der Waals surface area contributed by atoms with Crippen molar-refractivity contribution in [2.45, 2.75) is 58.8 Å². The van der Waals surface area contributed by atoms with Crippen LogP contribution in [0, 0.1) is 35.0 Å². The smallest absolute Gasteiger partial charge is 0.340 e. The van der Waals surface area contributed by atoms with Gasteiger partial charge in [-0.2, -0.15) is 0 Å². The van der Waals surface area contributed by atoms with Gasteiger partial charge in [-0.05, 0) is 121 Å². The Morgan fingerprint density at radius 3 is 2.42 bits per heavy atom. The second kappa shape index (κ2) is 12.9. The van der Waals surface area contributed by atoms with Crippen LogP contribution in [0.5, 0.6) is 5.75 Å². The molecule has 2 aliphatic heterocycles. The van der Waals surface area contributed by atoms with E-state index in [1.165, 1.54) is 5.56 Å². The van der Waals surface area contributed by atoms with Crippen LogP contribution in [0.15, 0.2) is 119 Å². The number of hydrogen-bond acceptors (Lipinski definition) is 6. The number of allylic oxidation sites excluding steroid dienone is 5. The van der Waals surface area contributed by atoms with Gasteiger partial charge in [0.2, 0.25) is 0 Å². The first-order valence-electron chi connectivity index (χ1n) is 18.2. The predicted octanol–water partition coefficient (Wildman–Crippen LogP) is 8.71. The number of benzene rings is 3. The Balaban J connectivity index is 1.35. The summed E-state index contributed by atoms with van der Waals surface area (Å²) in [7, 11) is 0. The monoisotopic (exact) mass is 668 g/mol. The van der Waals surface area contributed by atoms with E-state index < -0.39 is 5.41 Å². The Labute approximate surface area is 293 Å². The van der Waals surface area contributed by atoms with Gasteiger partial charge in [0.1, 0.15) is 17.3 Å². The second-order valence-electron chi connectivity index (χ2n) is 14.8. The highest BCUT2D eigenvalue weighted by Crippen LogP contribution is 2.72. The van der Waals surface area contributed by atoms with E-state index in [-0.39, 0.29) is 53.9 Å². The van der Waals surface area contributed by atoms with Crippen LogP contribution in [0.3, 0.4) is 0 Å². The van der Waals surface area contributed by atoms with Gasteiger partial charge in [-0.25, -0.2) is 9.59 Å². The largest absolute Gasteiger partial charge is 0.508 e. The number of cyclic esters (lactones) is 2. The molecular weight excluding hydrogens is 624 g/mol. The fourth-order valence-corrected chi connectivity index (χ4v) is 9.67. The van der Waals surface area contributed by atoms with E-state index in [0.29, 0.717) is 41.9 Å². The molecule has 2 heterocycles. The molecule has 50 heavy (non-hydrogen) atoms. The summed E-state index contributed by atoms with van der Waals surface area (Å²) >= 11 is 0. The molecule has 1 saturated heterocycles. The van der Waals surface area contributed by atoms with E-state index in [9.17, 15) is 19.8 Å². The molecule has 0 unspecified atom stereocenters. The van der Waals surface area contributed by atoms with Gasteiger partial charge in [-0.3, -0.25) is 0 Å². The molecule has 6 nitrogen and oxygen atoms in total. The van der Waals surface area contributed by atoms with Gasteiger partial charge in [0, 0.05) is 23.7 Å². The summed E-state index contributed by atoms with van der Waals surface area (Å²) in [4.78, 5) is 28.5. The number of esters is 2. The number of ether oxygens (including phenoxy) is 2. The fraction of sp³-hybridized carbons (Fsp3) is 0.364. The molecule has 1 saturated carbocycles. The summed E-state index contributed by atoms with van der Waals surface area (Å²) in [5.41, 5.74) is 6.48. The Bertz CT molecular complexity index is 1970. The van der Waals surface area contributed by atoms with Crippen molar-refractivity contribution >= 4 is 17.5 Å². The van der Waals surface area contributed by atoms with Crippen molar-refractivity contribution in [2.24, 2.45) is 35.0 Å². The molecule has 3 aromatic rings. The average Bonchev–Trinajstić information content (AvgIpc) is 3.63. The van der Waals surface area contributed by atoms with Crippen LogP contribution in [-0.4, -0.2) is 28.8 Å². The normalized spacial score (nSPS) is 28.0. The zero-order valence-corrected chi connectivity index (χ0v) is 28.7. The molecule has 9 rings (SSSR count). The Hall–Kier alpha value is -4.68. The highest BCUT2D eigenvalue weighted by Gasteiger charge is 2.68. The van der Waals surface area contributed by atoms with Gasteiger partial charge in [-0.15, -0.1) is 0 Å². The number of carbonyl (C=O) groups excluding carboxylic acids is 2. The molecule has 0 radical (unpaired) electrons. The number of phenols is 1. The number of aromatic hydroxyl groups is 1. The quantitative estimate of drug-likeness (QED) is 0.222. The van der Waals surface area contributed by atoms with Crippen molar-refractivity contribution in [2.75, 3.05) is 6.61 Å². The number of phenolic OH excluding ortho intramolecular Hbond substituents is 1. The topological polar surface area (TPSA) is 93.1 Å². The zero-order valence-electron chi connectivity index (χ0n) is 28.7. The van der Waals surface area contributed by atoms with Gasteiger partial charge in [0.25, 0.3) is 0 Å². The molecule has 2 fully saturated rings. The lowest BCUT2D eigenvalue weighted by atomic mass is 9.44. The minimum atomic E-state index is -0.830. The van der Waals surface area contributed by atoms with E-state index in [2.05, 4.69) is 49.4 Å². The van der Waals surface area contributed by atoms with Gasteiger partial charge in [-0.1, -0.05) is 80.6 Å². The minimum Gasteiger partial charge on any atom is -0.508 e. The molecule has 3 aromatic carbocycles. The van der Waals surface area contributed by atoms with Crippen molar-refractivity contribution in [3.8, 4) is 16.9 Å². The maximum atomic E-state index is 14.5. The summed E-state index contributed by atoms with van der Waals surface area (Å²) in [6.07, 6.45) is 9.54. The van der Waals surface area contributed by atoms with Crippen molar-refractivity contribution in [1.29, 1.82) is 0 Å². The molecule has 0 amide bonds. The molecule has 6 heteroatoms. The SMILES string of the molecule is CC[C@H](C=C1OC(=O)C2=C(c3cc(O)ccc3-c3ccccc3)[C@@H]3CC[C@]12[C@H]1C2=C(CC[C@H]31)C(=CC[C@H](C)CO)OC2=O)Cc1ccccc1. The van der Waals surface area contributed by atoms with Gasteiger partial charge < -0.3 is 19.7 Å². The number of carbonyl (C=O) groups is 2. The van der Waals surface area contributed by atoms with Crippen LogP contribution in [0.4, 0.5) is 0 Å². The van der Waals surface area contributed by atoms with Crippen LogP contribution >= 0.6 is 0 Å². The maximum absolute atomic E-state index is 14.5. The number of aliphatic hydroxyl groups excluding tert-OH is 1. The second-order valence-corrected chi connectivity index (χ2v) is 14.8. The molecule has 256 valence electrons. The first-order chi connectivity index (χ1) is 24.3. The molecule has 2 bridgehead atoms. The van der Waals surface area contributed by atoms with Gasteiger partial charge >= 0.3 is 11.9 Å². The Morgan fingerprint density at radius 1 is 0.920 bits per heavy atom. The lowest BCUT2D eigenvalue weighted by Gasteiger charge is -2.56. The first-order valence-corrected chi connectivity index (χ1v) is 18.2. The third kappa shape index (κ3) is 5.19. The van der Waals surface area contributed by atoms with Crippen LogP contribution < -0.4 is 0 Å². The van der Waals surface area contributed by atoms with Crippen molar-refractivity contribution < 1.29 is 29.3 Å². The summed E-state index contributed by atoms with van der Waals surface area (Å²) < 4.78 is 12.5. The molecule has 0 aromatic heterocycles. The third-order valence-corrected chi connectivity index (χ3v) is 12.0. The van der Waals surface area contributed by atoms with Crippen LogP contribution in [0.1, 0.15) is 63.5 Å². The van der Waals surface area contributed by atoms with Crippen molar-refractivity contribution in [1.82, 2.24) is 0 Å². The third-order valence-electron chi connectivity index (χ3n) is 12.0. The fourth-order valence-electron chi connectivity index (χ4n) is 9.67. The Morgan fingerprint density at radius 2 is 1.68 bits per heavy atom. The molecule has 1 spiro atoms. The zero-order chi connectivity index (χ0) is 34.6. The molecule has 6 aliphatic rings. The lowest BCUT2D eigenvalue weighted by Crippen LogP contribution is -2.52. The highest BCUT2D eigenvalue weighted by atomic mass is 16.5. The summed E-state index contributed by atoms with van der Waals surface area (Å²) in [5.74, 6) is 0.757. The van der Waals surface area contributed by atoms with Gasteiger partial charge in [0.05, 0.1) is 11.0 Å². The summed E-state index contributed by atoms with van der Waals surface area (Å²) in [6.45, 7) is 4.20. The van der Waals surface area contributed by atoms with E-state index in [4.69, 9.17) is 9.47 Å². The number of rotatable bonds is 9. The molecule has 6 atom stereocenters. The van der Waals surface area contributed by atoms with Crippen LogP contribution in [0.2, 0.25) is 0 Å². The minimum absolute atomic E-state index is 0.00335. The number of fused-ring (bicyclic) bond motifs is 1. The van der Waals surface area contributed by atoms with E-state index >= 15 is 0 Å². The standard InChI is InChI=1S/C44H44O6/c1-3-27(22-28-10-6-4-7-11-28)23-37-44-21-20-32(33-17-18-34-36(19-14-26(2)25-45)49-42(47)39(34)40(33)44)38(41(44)43(48)50-37)35-24-30(46)15-16-31(35)29-12-8-5-9-13-29/h4-13,15-16,19,23-24,26-27,32-33,40,45-46H,3,14,17-18,20-22,25H2,1-2H3/t26-,27-,32+,33+,40+,44+/m0/s1. The maximum Gasteiger partial charge on any atom is 0.340 e. The summed E-state index contributed by atoms with van der Waals surface area (Å²) in [5, 5.41) is 20.6. The molecule has 4 aliphatic carbocycles. The Kier molecular flexibility index (Phi) is 8.39. The average molecular weight is 669 g/mol. The number of hydrogen-bond donors (Lipinski definition) is 2. The number of aliphatic hydroxyl groups is 1. The molecule has 2 N–H and O–H groups in total. The first kappa shape index (κ1) is 32.5. The van der Waals surface area contributed by atoms with Crippen LogP contribution in [-0.2, 0) is 25.5 Å². The summed E-state index contributed by atoms with van der Waals surface area (Å²) in [6, 6.07) is 26.0. The van der Waals surface area contributed by atoms with E-state index in [0.717, 1.165) is 53.5 Å². The highest BCUT2D eigenvalue weighted by molar-refractivity contribution is 6.07. The predicted molar refractivity (Wildman–Crippen MR) is 192 cm³/mol. The van der Waals surface area contributed by atoms with E-state index in [1.807, 2.05) is 49.4 Å². The van der Waals surface area contributed by atoms with Crippen molar-refractivity contribution in [3.05, 3.63) is 130 Å². The van der Waals surface area contributed by atoms with Crippen LogP contribution in [0.25, 0.3) is 16.7 Å². The van der Waals surface area contributed by atoms with Gasteiger partial charge in [0.15, 0.2) is 0 Å². The van der Waals surface area contributed by atoms with E-state index in [1.54, 1.807) is 6.07 Å². The van der Waals surface area contributed by atoms with Crippen molar-refractivity contribution in [3.63, 3.8) is 0 Å².